The first-order valence-corrected chi connectivity index (χ1v) is 17.6. The fourth-order valence-corrected chi connectivity index (χ4v) is 7.92. The van der Waals surface area contributed by atoms with E-state index in [0.29, 0.717) is 22.5 Å². The third-order valence-electron chi connectivity index (χ3n) is 9.21. The molecule has 230 valence electrons. The second-order valence-corrected chi connectivity index (χ2v) is 14.1. The van der Waals surface area contributed by atoms with Crippen molar-refractivity contribution in [2.75, 3.05) is 46.6 Å². The van der Waals surface area contributed by atoms with Gasteiger partial charge in [-0.25, -0.2) is 0 Å². The van der Waals surface area contributed by atoms with Crippen LogP contribution < -0.4 is 4.74 Å². The number of benzene rings is 3. The van der Waals surface area contributed by atoms with E-state index in [-0.39, 0.29) is 11.8 Å². The van der Waals surface area contributed by atoms with E-state index in [4.69, 9.17) is 27.9 Å². The lowest BCUT2D eigenvalue weighted by Gasteiger charge is -2.34. The molecule has 1 heterocycles. The van der Waals surface area contributed by atoms with Crippen molar-refractivity contribution in [2.45, 2.75) is 61.7 Å². The second kappa shape index (κ2) is 14.7. The highest BCUT2D eigenvalue weighted by Crippen LogP contribution is 2.35. The lowest BCUT2D eigenvalue weighted by atomic mass is 9.87. The Bertz CT molecular complexity index is 1420. The fourth-order valence-electron chi connectivity index (χ4n) is 6.78. The van der Waals surface area contributed by atoms with Crippen molar-refractivity contribution in [2.24, 2.45) is 0 Å². The number of fused-ring (bicyclic) bond motifs is 1. The number of carbonyl (C=O) groups is 1. The molecule has 2 aliphatic rings. The van der Waals surface area contributed by atoms with E-state index >= 15 is 0 Å². The van der Waals surface area contributed by atoms with E-state index < -0.39 is 11.2 Å². The molecule has 5 rings (SSSR count). The van der Waals surface area contributed by atoms with E-state index in [1.54, 1.807) is 13.4 Å². The van der Waals surface area contributed by atoms with Gasteiger partial charge in [-0.2, -0.15) is 0 Å². The maximum Gasteiger partial charge on any atom is 0.254 e. The third-order valence-corrected chi connectivity index (χ3v) is 10.9. The summed E-state index contributed by atoms with van der Waals surface area (Å²) in [4.78, 5) is 19.3. The molecule has 0 bridgehead atoms. The van der Waals surface area contributed by atoms with Crippen molar-refractivity contribution in [3.8, 4) is 5.75 Å². The minimum absolute atomic E-state index is 0.0369. The van der Waals surface area contributed by atoms with Gasteiger partial charge in [0.2, 0.25) is 0 Å². The van der Waals surface area contributed by atoms with E-state index in [1.165, 1.54) is 16.7 Å². The monoisotopic (exact) mass is 640 g/mol. The van der Waals surface area contributed by atoms with Gasteiger partial charge in [0, 0.05) is 30.6 Å². The predicted octanol–water partition coefficient (Wildman–Crippen LogP) is 7.74. The molecule has 0 aromatic heterocycles. The van der Waals surface area contributed by atoms with Gasteiger partial charge in [0.25, 0.3) is 5.91 Å². The number of methoxy groups -OCH3 is 1. The van der Waals surface area contributed by atoms with Crippen molar-refractivity contribution >= 4 is 40.3 Å². The van der Waals surface area contributed by atoms with E-state index in [9.17, 15) is 9.35 Å². The molecule has 43 heavy (non-hydrogen) atoms. The maximum atomic E-state index is 13.9. The number of likely N-dealkylation sites (N-methyl/N-ethyl adjacent to an activating group) is 1. The number of nitrogens with zero attached hydrogens (tertiary/aromatic N) is 2. The van der Waals surface area contributed by atoms with Gasteiger partial charge < -0.3 is 19.1 Å². The fraction of sp³-hybridized carbons (Fsp3) is 0.457. The maximum absolute atomic E-state index is 13.9. The SMILES string of the molecule is COc1cc2c(c(C(=O)N(C)C[C@@H](CCN3CCC(c4ccccc4[S@+](C)[O-])CC3)c3ccc(Cl)c(Cl)c3)c1)CCCC2. The van der Waals surface area contributed by atoms with Gasteiger partial charge in [-0.1, -0.05) is 47.5 Å². The van der Waals surface area contributed by atoms with Gasteiger partial charge in [-0.05, 0) is 129 Å². The lowest BCUT2D eigenvalue weighted by Crippen LogP contribution is -2.36. The van der Waals surface area contributed by atoms with Gasteiger partial charge in [0.15, 0.2) is 4.90 Å². The second-order valence-electron chi connectivity index (χ2n) is 12.0. The summed E-state index contributed by atoms with van der Waals surface area (Å²) in [7, 11) is 3.57. The number of halogens is 2. The Kier molecular flexibility index (Phi) is 11.0. The number of aryl methyl sites for hydroxylation is 1. The summed E-state index contributed by atoms with van der Waals surface area (Å²) >= 11 is 11.8. The molecule has 0 saturated carbocycles. The Morgan fingerprint density at radius 2 is 1.81 bits per heavy atom. The number of ether oxygens (including phenoxy) is 1. The number of carbonyl (C=O) groups excluding carboxylic acids is 1. The Morgan fingerprint density at radius 1 is 1.07 bits per heavy atom. The first kappa shape index (κ1) is 32.2. The predicted molar refractivity (Wildman–Crippen MR) is 178 cm³/mol. The molecule has 0 N–H and O–H groups in total. The first-order chi connectivity index (χ1) is 20.7. The molecule has 1 amide bonds. The normalized spacial score (nSPS) is 17.3. The molecule has 8 heteroatoms. The molecule has 1 aliphatic carbocycles. The van der Waals surface area contributed by atoms with Crippen LogP contribution in [0.15, 0.2) is 59.5 Å². The quantitative estimate of drug-likeness (QED) is 0.213. The Morgan fingerprint density at radius 3 is 2.53 bits per heavy atom. The zero-order chi connectivity index (χ0) is 30.5. The number of piperidine rings is 1. The summed E-state index contributed by atoms with van der Waals surface area (Å²) in [5.41, 5.74) is 5.50. The number of hydrogen-bond acceptors (Lipinski definition) is 4. The van der Waals surface area contributed by atoms with Crippen LogP contribution in [-0.4, -0.2) is 66.9 Å². The number of hydrogen-bond donors (Lipinski definition) is 0. The van der Waals surface area contributed by atoms with Gasteiger partial charge in [0.05, 0.1) is 17.2 Å². The zero-order valence-corrected chi connectivity index (χ0v) is 27.7. The van der Waals surface area contributed by atoms with Crippen molar-refractivity contribution in [1.29, 1.82) is 0 Å². The zero-order valence-electron chi connectivity index (χ0n) is 25.4. The van der Waals surface area contributed by atoms with Crippen LogP contribution in [0.5, 0.6) is 5.75 Å². The molecule has 5 nitrogen and oxygen atoms in total. The van der Waals surface area contributed by atoms with Crippen LogP contribution in [0, 0.1) is 0 Å². The third kappa shape index (κ3) is 7.72. The largest absolute Gasteiger partial charge is 0.612 e. The molecule has 1 saturated heterocycles. The molecule has 1 fully saturated rings. The average molecular weight is 642 g/mol. The number of amides is 1. The average Bonchev–Trinajstić information content (AvgIpc) is 3.03. The van der Waals surface area contributed by atoms with Gasteiger partial charge >= 0.3 is 0 Å². The molecular weight excluding hydrogens is 599 g/mol. The highest BCUT2D eigenvalue weighted by atomic mass is 35.5. The van der Waals surface area contributed by atoms with Crippen LogP contribution in [-0.2, 0) is 24.0 Å². The molecule has 1 aliphatic heterocycles. The van der Waals surface area contributed by atoms with Gasteiger partial charge in [0.1, 0.15) is 12.0 Å². The minimum atomic E-state index is -0.985. The van der Waals surface area contributed by atoms with Crippen LogP contribution in [0.3, 0.4) is 0 Å². The van der Waals surface area contributed by atoms with Gasteiger partial charge in [-0.3, -0.25) is 4.79 Å². The Labute approximate surface area is 269 Å². The van der Waals surface area contributed by atoms with E-state index in [0.717, 1.165) is 86.4 Å². The van der Waals surface area contributed by atoms with Crippen LogP contribution in [0.2, 0.25) is 10.0 Å². The molecular formula is C35H42Cl2N2O3S. The van der Waals surface area contributed by atoms with Crippen molar-refractivity contribution in [3.05, 3.63) is 92.5 Å². The van der Waals surface area contributed by atoms with E-state index in [2.05, 4.69) is 23.1 Å². The minimum Gasteiger partial charge on any atom is -0.612 e. The summed E-state index contributed by atoms with van der Waals surface area (Å²) in [6.07, 6.45) is 8.92. The van der Waals surface area contributed by atoms with Crippen molar-refractivity contribution in [3.63, 3.8) is 0 Å². The van der Waals surface area contributed by atoms with Gasteiger partial charge in [-0.15, -0.1) is 0 Å². The smallest absolute Gasteiger partial charge is 0.254 e. The molecule has 3 aromatic rings. The summed E-state index contributed by atoms with van der Waals surface area (Å²) < 4.78 is 17.9. The molecule has 0 spiro atoms. The summed E-state index contributed by atoms with van der Waals surface area (Å²) in [5, 5.41) is 1.07. The Hall–Kier alpha value is -2.22. The topological polar surface area (TPSA) is 55.8 Å². The van der Waals surface area contributed by atoms with Crippen molar-refractivity contribution < 1.29 is 14.1 Å². The Balaban J connectivity index is 1.29. The summed E-state index contributed by atoms with van der Waals surface area (Å²) in [5.74, 6) is 1.32. The van der Waals surface area contributed by atoms with Crippen LogP contribution in [0.1, 0.15) is 76.6 Å². The molecule has 0 radical (unpaired) electrons. The summed E-state index contributed by atoms with van der Waals surface area (Å²) in [6.45, 7) is 3.49. The number of likely N-dealkylation sites (tertiary alicyclic amines) is 1. The number of rotatable bonds is 10. The van der Waals surface area contributed by atoms with E-state index in [1.807, 2.05) is 48.3 Å². The lowest BCUT2D eigenvalue weighted by molar-refractivity contribution is 0.0780. The van der Waals surface area contributed by atoms with Crippen LogP contribution in [0.4, 0.5) is 0 Å². The molecule has 3 aromatic carbocycles. The molecule has 0 unspecified atom stereocenters. The summed E-state index contributed by atoms with van der Waals surface area (Å²) in [6, 6.07) is 18.0. The molecule has 2 atom stereocenters. The highest BCUT2D eigenvalue weighted by molar-refractivity contribution is 7.90. The van der Waals surface area contributed by atoms with Crippen molar-refractivity contribution in [1.82, 2.24) is 9.80 Å². The standard InChI is InChI=1S/C35H42Cl2N2O3S/c1-38(35(40)31-22-28(42-2)20-26-8-4-5-9-29(26)31)23-27(25-12-13-32(36)33(37)21-25)16-19-39-17-14-24(15-18-39)30-10-6-7-11-34(30)43(3)41/h6-7,10-13,20-22,24,27H,4-5,8-9,14-19,23H2,1-3H3/t27-,43+/m1/s1. The van der Waals surface area contributed by atoms with Crippen LogP contribution >= 0.6 is 23.2 Å². The van der Waals surface area contributed by atoms with Crippen LogP contribution in [0.25, 0.3) is 0 Å². The first-order valence-electron chi connectivity index (χ1n) is 15.3. The highest BCUT2D eigenvalue weighted by Gasteiger charge is 2.28.